The molecule has 0 N–H and O–H groups in total. The van der Waals surface area contributed by atoms with Crippen LogP contribution in [0.2, 0.25) is 0 Å². The van der Waals surface area contributed by atoms with Gasteiger partial charge in [0, 0.05) is 28.8 Å². The first-order chi connectivity index (χ1) is 19.8. The van der Waals surface area contributed by atoms with Crippen LogP contribution in [-0.4, -0.2) is 0 Å². The summed E-state index contributed by atoms with van der Waals surface area (Å²) < 4.78 is 6.70. The summed E-state index contributed by atoms with van der Waals surface area (Å²) in [6.45, 7) is 12.6. The lowest BCUT2D eigenvalue weighted by Gasteiger charge is -2.28. The fourth-order valence-corrected chi connectivity index (χ4v) is 6.69. The molecule has 5 rings (SSSR count). The Labute approximate surface area is 247 Å². The van der Waals surface area contributed by atoms with Crippen LogP contribution in [0.4, 0.5) is 11.4 Å². The molecular formula is C38H40NOP. The molecule has 2 nitrogen and oxygen atoms in total. The molecule has 0 radical (unpaired) electrons. The van der Waals surface area contributed by atoms with Crippen molar-refractivity contribution in [3.63, 3.8) is 0 Å². The Morgan fingerprint density at radius 3 is 1.85 bits per heavy atom. The standard InChI is InChI=1S/C38H40NOP/c1-28-24-34(38(3,4)5)36(40-27-30-17-9-6-10-18-30)35(25-28)41-37-29(2)16-15-19-31(37)26-39(32-20-11-7-12-21-32)33-22-13-8-14-23-33/h6-25,41H,26-27H2,1-5H3. The Kier molecular flexibility index (Phi) is 8.91. The van der Waals surface area contributed by atoms with Crippen LogP contribution >= 0.6 is 8.58 Å². The molecule has 3 heteroatoms. The van der Waals surface area contributed by atoms with Gasteiger partial charge in [0.05, 0.1) is 0 Å². The molecule has 0 saturated carbocycles. The molecule has 0 heterocycles. The highest BCUT2D eigenvalue weighted by Gasteiger charge is 2.24. The first-order valence-electron chi connectivity index (χ1n) is 14.3. The van der Waals surface area contributed by atoms with Gasteiger partial charge in [-0.1, -0.05) is 120 Å². The molecule has 0 aliphatic rings. The van der Waals surface area contributed by atoms with Gasteiger partial charge in [-0.25, -0.2) is 0 Å². The van der Waals surface area contributed by atoms with Crippen LogP contribution < -0.4 is 20.2 Å². The zero-order valence-electron chi connectivity index (χ0n) is 24.8. The highest BCUT2D eigenvalue weighted by molar-refractivity contribution is 7.56. The summed E-state index contributed by atoms with van der Waals surface area (Å²) in [5.74, 6) is 1.03. The minimum absolute atomic E-state index is 0.0384. The van der Waals surface area contributed by atoms with Gasteiger partial charge in [-0.2, -0.15) is 0 Å². The number of ether oxygens (including phenoxy) is 1. The van der Waals surface area contributed by atoms with Gasteiger partial charge < -0.3 is 9.64 Å². The van der Waals surface area contributed by atoms with E-state index in [1.165, 1.54) is 49.8 Å². The fourth-order valence-electron chi connectivity index (χ4n) is 5.20. The summed E-state index contributed by atoms with van der Waals surface area (Å²) in [5.41, 5.74) is 8.71. The van der Waals surface area contributed by atoms with Gasteiger partial charge in [0.15, 0.2) is 0 Å². The Balaban J connectivity index is 1.56. The molecule has 1 atom stereocenters. The van der Waals surface area contributed by atoms with Gasteiger partial charge in [0.1, 0.15) is 12.4 Å². The summed E-state index contributed by atoms with van der Waals surface area (Å²) in [6.07, 6.45) is 0. The number of para-hydroxylation sites is 2. The molecule has 5 aromatic rings. The molecular weight excluding hydrogens is 517 g/mol. The van der Waals surface area contributed by atoms with E-state index in [0.717, 1.165) is 12.3 Å². The Morgan fingerprint density at radius 2 is 1.27 bits per heavy atom. The van der Waals surface area contributed by atoms with Crippen molar-refractivity contribution in [3.05, 3.63) is 149 Å². The maximum Gasteiger partial charge on any atom is 0.131 e. The molecule has 5 aromatic carbocycles. The number of hydrogen-bond acceptors (Lipinski definition) is 2. The third-order valence-corrected chi connectivity index (χ3v) is 8.96. The second kappa shape index (κ2) is 12.8. The number of nitrogens with zero attached hydrogens (tertiary/aromatic N) is 1. The van der Waals surface area contributed by atoms with Crippen LogP contribution in [0.3, 0.4) is 0 Å². The molecule has 0 fully saturated rings. The van der Waals surface area contributed by atoms with Gasteiger partial charge in [0.25, 0.3) is 0 Å². The Hall–Kier alpha value is -3.87. The number of benzene rings is 5. The first-order valence-corrected chi connectivity index (χ1v) is 15.3. The van der Waals surface area contributed by atoms with Gasteiger partial charge in [0.2, 0.25) is 0 Å². The van der Waals surface area contributed by atoms with Gasteiger partial charge in [-0.3, -0.25) is 0 Å². The lowest BCUT2D eigenvalue weighted by atomic mass is 9.85. The van der Waals surface area contributed by atoms with Crippen molar-refractivity contribution in [2.45, 2.75) is 53.2 Å². The summed E-state index contributed by atoms with van der Waals surface area (Å²) in [6, 6.07) is 43.2. The minimum Gasteiger partial charge on any atom is -0.488 e. The van der Waals surface area contributed by atoms with E-state index in [0.29, 0.717) is 15.2 Å². The first kappa shape index (κ1) is 28.7. The third-order valence-electron chi connectivity index (χ3n) is 7.35. The highest BCUT2D eigenvalue weighted by atomic mass is 31.1. The van der Waals surface area contributed by atoms with Crippen LogP contribution in [0, 0.1) is 13.8 Å². The topological polar surface area (TPSA) is 12.5 Å². The molecule has 0 amide bonds. The lowest BCUT2D eigenvalue weighted by Crippen LogP contribution is -2.24. The predicted molar refractivity (Wildman–Crippen MR) is 178 cm³/mol. The number of hydrogen-bond donors (Lipinski definition) is 0. The van der Waals surface area contributed by atoms with Crippen LogP contribution in [0.15, 0.2) is 121 Å². The van der Waals surface area contributed by atoms with E-state index in [4.69, 9.17) is 4.74 Å². The molecule has 0 bridgehead atoms. The zero-order valence-corrected chi connectivity index (χ0v) is 25.8. The van der Waals surface area contributed by atoms with Crippen molar-refractivity contribution in [1.29, 1.82) is 0 Å². The van der Waals surface area contributed by atoms with E-state index < -0.39 is 0 Å². The predicted octanol–water partition coefficient (Wildman–Crippen LogP) is 9.15. The van der Waals surface area contributed by atoms with Crippen LogP contribution in [0.1, 0.15) is 48.6 Å². The minimum atomic E-state index is -0.0384. The van der Waals surface area contributed by atoms with Crippen LogP contribution in [-0.2, 0) is 18.6 Å². The summed E-state index contributed by atoms with van der Waals surface area (Å²) >= 11 is 0. The van der Waals surface area contributed by atoms with Crippen molar-refractivity contribution >= 4 is 30.6 Å². The van der Waals surface area contributed by atoms with Crippen molar-refractivity contribution in [3.8, 4) is 5.75 Å². The number of anilines is 2. The molecule has 0 aliphatic carbocycles. The van der Waals surface area contributed by atoms with E-state index in [2.05, 4.69) is 161 Å². The second-order valence-electron chi connectivity index (χ2n) is 11.7. The van der Waals surface area contributed by atoms with E-state index in [-0.39, 0.29) is 5.41 Å². The lowest BCUT2D eigenvalue weighted by molar-refractivity contribution is 0.300. The SMILES string of the molecule is Cc1cc(Pc2c(C)cccc2CN(c2ccccc2)c2ccccc2)c(OCc2ccccc2)c(C(C)(C)C)c1. The average Bonchev–Trinajstić information content (AvgIpc) is 2.97. The van der Waals surface area contributed by atoms with E-state index in [1.54, 1.807) is 0 Å². The smallest absolute Gasteiger partial charge is 0.131 e. The monoisotopic (exact) mass is 557 g/mol. The maximum absolute atomic E-state index is 6.70. The average molecular weight is 558 g/mol. The maximum atomic E-state index is 6.70. The molecule has 208 valence electrons. The number of aryl methyl sites for hydroxylation is 2. The van der Waals surface area contributed by atoms with Gasteiger partial charge in [-0.05, 0) is 77.2 Å². The summed E-state index contributed by atoms with van der Waals surface area (Å²) in [5, 5.41) is 2.66. The van der Waals surface area contributed by atoms with Crippen molar-refractivity contribution in [2.24, 2.45) is 0 Å². The third kappa shape index (κ3) is 7.07. The summed E-state index contributed by atoms with van der Waals surface area (Å²) in [7, 11) is 0.476. The van der Waals surface area contributed by atoms with Crippen molar-refractivity contribution < 1.29 is 4.74 Å². The summed E-state index contributed by atoms with van der Waals surface area (Å²) in [4.78, 5) is 2.41. The molecule has 0 saturated heterocycles. The van der Waals surface area contributed by atoms with E-state index in [9.17, 15) is 0 Å². The van der Waals surface area contributed by atoms with Crippen LogP contribution in [0.25, 0.3) is 0 Å². The molecule has 1 unspecified atom stereocenters. The highest BCUT2D eigenvalue weighted by Crippen LogP contribution is 2.36. The Morgan fingerprint density at radius 1 is 0.683 bits per heavy atom. The van der Waals surface area contributed by atoms with Gasteiger partial charge in [-0.15, -0.1) is 0 Å². The normalized spacial score (nSPS) is 11.6. The largest absolute Gasteiger partial charge is 0.488 e. The van der Waals surface area contributed by atoms with Crippen molar-refractivity contribution in [2.75, 3.05) is 4.90 Å². The van der Waals surface area contributed by atoms with Crippen LogP contribution in [0.5, 0.6) is 5.75 Å². The Bertz CT molecular complexity index is 1530. The molecule has 0 aromatic heterocycles. The fraction of sp³-hybridized carbons (Fsp3) is 0.211. The van der Waals surface area contributed by atoms with E-state index >= 15 is 0 Å². The molecule has 0 aliphatic heterocycles. The molecule has 41 heavy (non-hydrogen) atoms. The molecule has 0 spiro atoms. The van der Waals surface area contributed by atoms with Crippen molar-refractivity contribution in [1.82, 2.24) is 0 Å². The van der Waals surface area contributed by atoms with Gasteiger partial charge >= 0.3 is 0 Å². The quantitative estimate of drug-likeness (QED) is 0.168. The van der Waals surface area contributed by atoms with E-state index in [1.807, 2.05) is 0 Å². The zero-order chi connectivity index (χ0) is 28.8. The number of rotatable bonds is 9. The second-order valence-corrected chi connectivity index (χ2v) is 13.0.